The highest BCUT2D eigenvalue weighted by molar-refractivity contribution is 5.93. The standard InChI is InChI=1S/C16H20N6O/c1-11-7-12(2)9-13(8-11)22-16(17)21-6-5-20-15(23)14-10-18-3-4-19-14/h3-4,7-10H,5-6H2,1-2H3,(H,20,23)(H3,17,21,22). The highest BCUT2D eigenvalue weighted by Gasteiger charge is 2.05. The number of carbonyl (C=O) groups is 1. The van der Waals surface area contributed by atoms with Gasteiger partial charge in [0.1, 0.15) is 5.69 Å². The molecule has 7 nitrogen and oxygen atoms in total. The Morgan fingerprint density at radius 2 is 1.96 bits per heavy atom. The summed E-state index contributed by atoms with van der Waals surface area (Å²) in [5.41, 5.74) is 9.31. The summed E-state index contributed by atoms with van der Waals surface area (Å²) in [7, 11) is 0. The van der Waals surface area contributed by atoms with Crippen LogP contribution in [0.3, 0.4) is 0 Å². The molecule has 1 aromatic carbocycles. The van der Waals surface area contributed by atoms with E-state index in [2.05, 4.69) is 31.7 Å². The van der Waals surface area contributed by atoms with Crippen molar-refractivity contribution in [3.05, 3.63) is 53.6 Å². The van der Waals surface area contributed by atoms with Crippen LogP contribution in [-0.2, 0) is 0 Å². The van der Waals surface area contributed by atoms with Crippen molar-refractivity contribution in [3.63, 3.8) is 0 Å². The third-order valence-corrected chi connectivity index (χ3v) is 2.97. The summed E-state index contributed by atoms with van der Waals surface area (Å²) in [6.45, 7) is 4.78. The van der Waals surface area contributed by atoms with Crippen molar-refractivity contribution in [1.29, 1.82) is 0 Å². The third kappa shape index (κ3) is 5.39. The Hall–Kier alpha value is -2.96. The summed E-state index contributed by atoms with van der Waals surface area (Å²) < 4.78 is 0. The van der Waals surface area contributed by atoms with E-state index in [1.165, 1.54) is 18.6 Å². The normalized spacial score (nSPS) is 11.1. The molecule has 1 heterocycles. The average Bonchev–Trinajstić information content (AvgIpc) is 2.51. The number of carbonyl (C=O) groups excluding carboxylic acids is 1. The molecule has 2 rings (SSSR count). The number of nitrogens with one attached hydrogen (secondary N) is 2. The molecule has 4 N–H and O–H groups in total. The first-order valence-corrected chi connectivity index (χ1v) is 7.24. The largest absolute Gasteiger partial charge is 0.370 e. The molecule has 0 saturated heterocycles. The van der Waals surface area contributed by atoms with Crippen LogP contribution in [0.25, 0.3) is 0 Å². The Labute approximate surface area is 135 Å². The molecular weight excluding hydrogens is 292 g/mol. The van der Waals surface area contributed by atoms with Crippen LogP contribution in [-0.4, -0.2) is 34.9 Å². The molecule has 0 bridgehead atoms. The second kappa shape index (κ2) is 7.88. The van der Waals surface area contributed by atoms with E-state index in [1.54, 1.807) is 0 Å². The lowest BCUT2D eigenvalue weighted by Gasteiger charge is -2.08. The fourth-order valence-corrected chi connectivity index (χ4v) is 2.09. The molecule has 2 aromatic rings. The Bertz CT molecular complexity index is 679. The van der Waals surface area contributed by atoms with E-state index in [4.69, 9.17) is 5.73 Å². The summed E-state index contributed by atoms with van der Waals surface area (Å²) in [4.78, 5) is 23.7. The highest BCUT2D eigenvalue weighted by atomic mass is 16.1. The van der Waals surface area contributed by atoms with Gasteiger partial charge in [-0.3, -0.25) is 14.8 Å². The maximum absolute atomic E-state index is 11.7. The number of hydrogen-bond donors (Lipinski definition) is 3. The minimum absolute atomic E-state index is 0.276. The van der Waals surface area contributed by atoms with Gasteiger partial charge in [-0.1, -0.05) is 6.07 Å². The molecule has 0 aliphatic rings. The quantitative estimate of drug-likeness (QED) is 0.438. The Balaban J connectivity index is 1.80. The molecule has 7 heteroatoms. The number of amides is 1. The minimum Gasteiger partial charge on any atom is -0.370 e. The van der Waals surface area contributed by atoms with Crippen LogP contribution >= 0.6 is 0 Å². The van der Waals surface area contributed by atoms with Crippen LogP contribution in [0.1, 0.15) is 21.6 Å². The predicted molar refractivity (Wildman–Crippen MR) is 90.4 cm³/mol. The molecular formula is C16H20N6O. The van der Waals surface area contributed by atoms with Crippen molar-refractivity contribution in [2.75, 3.05) is 18.4 Å². The van der Waals surface area contributed by atoms with E-state index >= 15 is 0 Å². The van der Waals surface area contributed by atoms with Crippen molar-refractivity contribution in [2.24, 2.45) is 10.7 Å². The first kappa shape index (κ1) is 16.4. The van der Waals surface area contributed by atoms with E-state index in [1.807, 2.05) is 26.0 Å². The monoisotopic (exact) mass is 312 g/mol. The van der Waals surface area contributed by atoms with Crippen LogP contribution in [0.4, 0.5) is 5.69 Å². The van der Waals surface area contributed by atoms with Gasteiger partial charge in [0.05, 0.1) is 12.7 Å². The lowest BCUT2D eigenvalue weighted by atomic mass is 10.1. The summed E-state index contributed by atoms with van der Waals surface area (Å²) in [6, 6.07) is 6.07. The fraction of sp³-hybridized carbons (Fsp3) is 0.250. The van der Waals surface area contributed by atoms with Crippen molar-refractivity contribution in [1.82, 2.24) is 15.3 Å². The van der Waals surface area contributed by atoms with Crippen molar-refractivity contribution in [2.45, 2.75) is 13.8 Å². The number of aromatic nitrogens is 2. The first-order valence-electron chi connectivity index (χ1n) is 7.24. The number of benzene rings is 1. The van der Waals surface area contributed by atoms with Gasteiger partial charge in [0, 0.05) is 24.6 Å². The predicted octanol–water partition coefficient (Wildman–Crippen LogP) is 1.25. The van der Waals surface area contributed by atoms with Gasteiger partial charge < -0.3 is 16.4 Å². The second-order valence-corrected chi connectivity index (χ2v) is 5.11. The number of rotatable bonds is 5. The Morgan fingerprint density at radius 1 is 1.22 bits per heavy atom. The first-order chi connectivity index (χ1) is 11.0. The maximum Gasteiger partial charge on any atom is 0.271 e. The molecule has 0 radical (unpaired) electrons. The molecule has 0 atom stereocenters. The topological polar surface area (TPSA) is 105 Å². The lowest BCUT2D eigenvalue weighted by molar-refractivity contribution is 0.0949. The number of nitrogens with zero attached hydrogens (tertiary/aromatic N) is 3. The summed E-state index contributed by atoms with van der Waals surface area (Å²) in [5, 5.41) is 5.74. The molecule has 0 saturated carbocycles. The lowest BCUT2D eigenvalue weighted by Crippen LogP contribution is -2.29. The number of guanidine groups is 1. The van der Waals surface area contributed by atoms with Gasteiger partial charge in [-0.2, -0.15) is 0 Å². The minimum atomic E-state index is -0.283. The van der Waals surface area contributed by atoms with E-state index in [0.717, 1.165) is 16.8 Å². The molecule has 0 aliphatic heterocycles. The number of aliphatic imine (C=N–C) groups is 1. The van der Waals surface area contributed by atoms with E-state index in [0.29, 0.717) is 19.0 Å². The fourth-order valence-electron chi connectivity index (χ4n) is 2.09. The zero-order chi connectivity index (χ0) is 16.7. The summed E-state index contributed by atoms with van der Waals surface area (Å²) >= 11 is 0. The van der Waals surface area contributed by atoms with Gasteiger partial charge in [0.25, 0.3) is 5.91 Å². The number of hydrogen-bond acceptors (Lipinski definition) is 4. The van der Waals surface area contributed by atoms with E-state index < -0.39 is 0 Å². The van der Waals surface area contributed by atoms with E-state index in [9.17, 15) is 4.79 Å². The zero-order valence-corrected chi connectivity index (χ0v) is 13.2. The molecule has 120 valence electrons. The molecule has 0 unspecified atom stereocenters. The number of aryl methyl sites for hydroxylation is 2. The third-order valence-electron chi connectivity index (χ3n) is 2.97. The molecule has 0 spiro atoms. The number of nitrogens with two attached hydrogens (primary N) is 1. The summed E-state index contributed by atoms with van der Waals surface area (Å²) in [5.74, 6) is 0.0258. The van der Waals surface area contributed by atoms with Crippen LogP contribution in [0.15, 0.2) is 41.8 Å². The van der Waals surface area contributed by atoms with Crippen LogP contribution < -0.4 is 16.4 Å². The SMILES string of the molecule is Cc1cc(C)cc(NC(N)=NCCNC(=O)c2cnccn2)c1. The van der Waals surface area contributed by atoms with Gasteiger partial charge in [-0.05, 0) is 37.1 Å². The van der Waals surface area contributed by atoms with Crippen LogP contribution in [0.5, 0.6) is 0 Å². The Morgan fingerprint density at radius 3 is 2.61 bits per heavy atom. The van der Waals surface area contributed by atoms with Gasteiger partial charge >= 0.3 is 0 Å². The average molecular weight is 312 g/mol. The molecule has 0 fully saturated rings. The Kier molecular flexibility index (Phi) is 5.62. The van der Waals surface area contributed by atoms with Gasteiger partial charge in [0.2, 0.25) is 0 Å². The summed E-state index contributed by atoms with van der Waals surface area (Å²) in [6.07, 6.45) is 4.40. The molecule has 1 aromatic heterocycles. The van der Waals surface area contributed by atoms with Crippen molar-refractivity contribution >= 4 is 17.6 Å². The van der Waals surface area contributed by atoms with Crippen molar-refractivity contribution in [3.8, 4) is 0 Å². The van der Waals surface area contributed by atoms with Crippen LogP contribution in [0.2, 0.25) is 0 Å². The van der Waals surface area contributed by atoms with Gasteiger partial charge in [-0.15, -0.1) is 0 Å². The molecule has 0 aliphatic carbocycles. The highest BCUT2D eigenvalue weighted by Crippen LogP contribution is 2.13. The molecule has 23 heavy (non-hydrogen) atoms. The number of anilines is 1. The van der Waals surface area contributed by atoms with Crippen LogP contribution in [0, 0.1) is 13.8 Å². The maximum atomic E-state index is 11.7. The van der Waals surface area contributed by atoms with Gasteiger partial charge in [0.15, 0.2) is 5.96 Å². The van der Waals surface area contributed by atoms with Gasteiger partial charge in [-0.25, -0.2) is 4.98 Å². The molecule has 1 amide bonds. The zero-order valence-electron chi connectivity index (χ0n) is 13.2. The van der Waals surface area contributed by atoms with E-state index in [-0.39, 0.29) is 11.6 Å². The van der Waals surface area contributed by atoms with Crippen molar-refractivity contribution < 1.29 is 4.79 Å². The smallest absolute Gasteiger partial charge is 0.271 e. The second-order valence-electron chi connectivity index (χ2n) is 5.11.